The molecule has 0 radical (unpaired) electrons. The number of aromatic nitrogens is 2. The number of aromatic carboxylic acids is 1. The molecule has 0 aliphatic rings. The van der Waals surface area contributed by atoms with Crippen LogP contribution in [0.5, 0.6) is 5.75 Å². The third-order valence-electron chi connectivity index (χ3n) is 3.31. The average Bonchev–Trinajstić information content (AvgIpc) is 2.61. The van der Waals surface area contributed by atoms with E-state index in [1.54, 1.807) is 0 Å². The molecule has 0 bridgehead atoms. The summed E-state index contributed by atoms with van der Waals surface area (Å²) in [4.78, 5) is 35.4. The van der Waals surface area contributed by atoms with Crippen molar-refractivity contribution in [3.05, 3.63) is 51.9 Å². The van der Waals surface area contributed by atoms with Gasteiger partial charge in [0.25, 0.3) is 11.5 Å². The Morgan fingerprint density at radius 3 is 2.64 bits per heavy atom. The van der Waals surface area contributed by atoms with Gasteiger partial charge in [-0.3, -0.25) is 9.59 Å². The first kappa shape index (κ1) is 18.1. The van der Waals surface area contributed by atoms with Crippen molar-refractivity contribution in [3.63, 3.8) is 0 Å². The van der Waals surface area contributed by atoms with Gasteiger partial charge < -0.3 is 19.9 Å². The van der Waals surface area contributed by atoms with Gasteiger partial charge in [0.15, 0.2) is 0 Å². The van der Waals surface area contributed by atoms with Crippen LogP contribution in [0.1, 0.15) is 20.8 Å². The summed E-state index contributed by atoms with van der Waals surface area (Å²) in [5.74, 6) is -1.51. The fourth-order valence-corrected chi connectivity index (χ4v) is 2.03. The van der Waals surface area contributed by atoms with Crippen LogP contribution in [-0.4, -0.2) is 47.6 Å². The lowest BCUT2D eigenvalue weighted by molar-refractivity contribution is 0.0697. The highest BCUT2D eigenvalue weighted by Crippen LogP contribution is 2.22. The monoisotopic (exact) mass is 347 g/mol. The molecule has 2 rings (SSSR count). The Kier molecular flexibility index (Phi) is 5.85. The minimum atomic E-state index is -1.22. The lowest BCUT2D eigenvalue weighted by atomic mass is 10.1. The van der Waals surface area contributed by atoms with Crippen molar-refractivity contribution in [2.45, 2.75) is 6.54 Å². The van der Waals surface area contributed by atoms with Crippen LogP contribution in [0, 0.1) is 0 Å². The van der Waals surface area contributed by atoms with Crippen molar-refractivity contribution in [2.24, 2.45) is 0 Å². The molecule has 0 saturated carbocycles. The van der Waals surface area contributed by atoms with Crippen LogP contribution >= 0.6 is 0 Å². The normalized spacial score (nSPS) is 10.3. The average molecular weight is 347 g/mol. The predicted molar refractivity (Wildman–Crippen MR) is 88.3 cm³/mol. The van der Waals surface area contributed by atoms with Gasteiger partial charge in [0, 0.05) is 13.2 Å². The summed E-state index contributed by atoms with van der Waals surface area (Å²) in [6.07, 6.45) is 0. The summed E-state index contributed by atoms with van der Waals surface area (Å²) < 4.78 is 11.0. The SMILES string of the molecule is COCCn1nc(C(=O)Nc2ccc(OC)cc2C(=O)O)ccc1=O. The zero-order valence-electron chi connectivity index (χ0n) is 13.7. The highest BCUT2D eigenvalue weighted by atomic mass is 16.5. The summed E-state index contributed by atoms with van der Waals surface area (Å²) in [7, 11) is 2.89. The van der Waals surface area contributed by atoms with E-state index in [1.807, 2.05) is 0 Å². The summed E-state index contributed by atoms with van der Waals surface area (Å²) in [5.41, 5.74) is -0.428. The molecule has 0 aliphatic heterocycles. The van der Waals surface area contributed by atoms with E-state index in [0.717, 1.165) is 4.68 Å². The van der Waals surface area contributed by atoms with Gasteiger partial charge in [-0.2, -0.15) is 5.10 Å². The topological polar surface area (TPSA) is 120 Å². The number of hydrogen-bond acceptors (Lipinski definition) is 6. The van der Waals surface area contributed by atoms with E-state index < -0.39 is 11.9 Å². The number of benzene rings is 1. The molecular weight excluding hydrogens is 330 g/mol. The molecule has 0 saturated heterocycles. The van der Waals surface area contributed by atoms with Gasteiger partial charge in [0.1, 0.15) is 11.4 Å². The summed E-state index contributed by atoms with van der Waals surface area (Å²) in [6.45, 7) is 0.457. The standard InChI is InChI=1S/C16H17N3O6/c1-24-8-7-19-14(20)6-5-13(18-19)15(21)17-12-4-3-10(25-2)9-11(12)16(22)23/h3-6,9H,7-8H2,1-2H3,(H,17,21)(H,22,23). The molecular formula is C16H17N3O6. The van der Waals surface area contributed by atoms with E-state index in [-0.39, 0.29) is 35.7 Å². The van der Waals surface area contributed by atoms with E-state index >= 15 is 0 Å². The fraction of sp³-hybridized carbons (Fsp3) is 0.250. The fourth-order valence-electron chi connectivity index (χ4n) is 2.03. The first-order chi connectivity index (χ1) is 12.0. The van der Waals surface area contributed by atoms with Crippen LogP contribution in [-0.2, 0) is 11.3 Å². The van der Waals surface area contributed by atoms with E-state index in [4.69, 9.17) is 9.47 Å². The molecule has 1 heterocycles. The molecule has 132 valence electrons. The molecule has 25 heavy (non-hydrogen) atoms. The van der Waals surface area contributed by atoms with Gasteiger partial charge >= 0.3 is 5.97 Å². The second-order valence-corrected chi connectivity index (χ2v) is 4.94. The molecule has 0 atom stereocenters. The maximum absolute atomic E-state index is 12.3. The van der Waals surface area contributed by atoms with E-state index in [0.29, 0.717) is 5.75 Å². The van der Waals surface area contributed by atoms with Crippen LogP contribution in [0.4, 0.5) is 5.69 Å². The number of nitrogens with zero attached hydrogens (tertiary/aromatic N) is 2. The molecule has 0 spiro atoms. The Morgan fingerprint density at radius 1 is 1.24 bits per heavy atom. The van der Waals surface area contributed by atoms with Gasteiger partial charge in [-0.05, 0) is 24.3 Å². The third-order valence-corrected chi connectivity index (χ3v) is 3.31. The molecule has 1 amide bonds. The Hall–Kier alpha value is -3.20. The second kappa shape index (κ2) is 8.06. The maximum Gasteiger partial charge on any atom is 0.337 e. The number of carbonyl (C=O) groups excluding carboxylic acids is 1. The molecule has 9 heteroatoms. The summed E-state index contributed by atoms with van der Waals surface area (Å²) in [5, 5.41) is 15.7. The van der Waals surface area contributed by atoms with Crippen molar-refractivity contribution in [1.82, 2.24) is 9.78 Å². The number of carbonyl (C=O) groups is 2. The number of carboxylic acid groups (broad SMARTS) is 1. The molecule has 1 aromatic heterocycles. The molecule has 0 unspecified atom stereocenters. The maximum atomic E-state index is 12.3. The molecule has 2 aromatic rings. The van der Waals surface area contributed by atoms with Crippen molar-refractivity contribution in [3.8, 4) is 5.75 Å². The molecule has 2 N–H and O–H groups in total. The molecule has 0 fully saturated rings. The predicted octanol–water partition coefficient (Wildman–Crippen LogP) is 0.849. The van der Waals surface area contributed by atoms with Crippen molar-refractivity contribution < 1.29 is 24.2 Å². The lowest BCUT2D eigenvalue weighted by Crippen LogP contribution is -2.27. The van der Waals surface area contributed by atoms with Crippen molar-refractivity contribution in [1.29, 1.82) is 0 Å². The smallest absolute Gasteiger partial charge is 0.337 e. The Balaban J connectivity index is 2.28. The number of nitrogens with one attached hydrogen (secondary N) is 1. The van der Waals surface area contributed by atoms with E-state index in [1.165, 1.54) is 44.6 Å². The van der Waals surface area contributed by atoms with Crippen LogP contribution in [0.3, 0.4) is 0 Å². The number of amides is 1. The van der Waals surface area contributed by atoms with Crippen LogP contribution < -0.4 is 15.6 Å². The van der Waals surface area contributed by atoms with Crippen LogP contribution in [0.15, 0.2) is 35.1 Å². The molecule has 0 aliphatic carbocycles. The zero-order valence-corrected chi connectivity index (χ0v) is 13.7. The number of methoxy groups -OCH3 is 2. The number of ether oxygens (including phenoxy) is 2. The highest BCUT2D eigenvalue weighted by Gasteiger charge is 2.16. The van der Waals surface area contributed by atoms with Crippen molar-refractivity contribution in [2.75, 3.05) is 26.1 Å². The van der Waals surface area contributed by atoms with E-state index in [2.05, 4.69) is 10.4 Å². The molecule has 9 nitrogen and oxygen atoms in total. The molecule has 1 aromatic carbocycles. The van der Waals surface area contributed by atoms with Gasteiger partial charge in [-0.25, -0.2) is 9.48 Å². The summed E-state index contributed by atoms with van der Waals surface area (Å²) in [6, 6.07) is 6.72. The number of carboxylic acids is 1. The Morgan fingerprint density at radius 2 is 2.00 bits per heavy atom. The Labute approximate surface area is 142 Å². The number of hydrogen-bond donors (Lipinski definition) is 2. The second-order valence-electron chi connectivity index (χ2n) is 4.94. The zero-order chi connectivity index (χ0) is 18.4. The third kappa shape index (κ3) is 4.42. The first-order valence-corrected chi connectivity index (χ1v) is 7.26. The van der Waals surface area contributed by atoms with Crippen molar-refractivity contribution >= 4 is 17.6 Å². The summed E-state index contributed by atoms with van der Waals surface area (Å²) >= 11 is 0. The number of rotatable bonds is 7. The number of anilines is 1. The van der Waals surface area contributed by atoms with Gasteiger partial charge in [0.05, 0.1) is 31.5 Å². The quantitative estimate of drug-likeness (QED) is 0.762. The van der Waals surface area contributed by atoms with E-state index in [9.17, 15) is 19.5 Å². The minimum Gasteiger partial charge on any atom is -0.497 e. The van der Waals surface area contributed by atoms with Gasteiger partial charge in [-0.1, -0.05) is 0 Å². The van der Waals surface area contributed by atoms with Gasteiger partial charge in [0.2, 0.25) is 0 Å². The Bertz CT molecular complexity index is 846. The lowest BCUT2D eigenvalue weighted by Gasteiger charge is -2.10. The highest BCUT2D eigenvalue weighted by molar-refractivity contribution is 6.06. The first-order valence-electron chi connectivity index (χ1n) is 7.26. The minimum absolute atomic E-state index is 0.0251. The van der Waals surface area contributed by atoms with Gasteiger partial charge in [-0.15, -0.1) is 0 Å². The largest absolute Gasteiger partial charge is 0.497 e. The van der Waals surface area contributed by atoms with Crippen LogP contribution in [0.2, 0.25) is 0 Å². The van der Waals surface area contributed by atoms with Crippen LogP contribution in [0.25, 0.3) is 0 Å².